The predicted molar refractivity (Wildman–Crippen MR) is 114 cm³/mol. The Hall–Kier alpha value is -3.11. The molecule has 0 saturated carbocycles. The molecule has 0 fully saturated rings. The minimum Gasteiger partial charge on any atom is -0.334 e. The van der Waals surface area contributed by atoms with E-state index in [9.17, 15) is 22.0 Å². The fraction of sp³-hybridized carbons (Fsp3) is 0.273. The van der Waals surface area contributed by atoms with E-state index < -0.39 is 27.7 Å². The molecule has 168 valence electrons. The quantitative estimate of drug-likeness (QED) is 0.633. The van der Waals surface area contributed by atoms with Crippen LogP contribution in [0.4, 0.5) is 8.78 Å². The SMILES string of the molecule is CC(c1cccc(S(N)(=O)=O)c1)N(C)C(=O)c1nn(-c2ccc(F)c(F)c2)c2c1CCC2. The van der Waals surface area contributed by atoms with E-state index in [-0.39, 0.29) is 16.5 Å². The lowest BCUT2D eigenvalue weighted by Crippen LogP contribution is -2.31. The lowest BCUT2D eigenvalue weighted by molar-refractivity contribution is 0.0735. The first-order valence-electron chi connectivity index (χ1n) is 10.0. The summed E-state index contributed by atoms with van der Waals surface area (Å²) in [6.45, 7) is 1.77. The molecule has 0 bridgehead atoms. The van der Waals surface area contributed by atoms with Crippen LogP contribution in [0.1, 0.15) is 46.7 Å². The lowest BCUT2D eigenvalue weighted by Gasteiger charge is -2.25. The number of carbonyl (C=O) groups excluding carboxylic acids is 1. The molecule has 0 aliphatic heterocycles. The van der Waals surface area contributed by atoms with Crippen LogP contribution in [0.15, 0.2) is 47.4 Å². The fourth-order valence-corrected chi connectivity index (χ4v) is 4.53. The molecule has 2 aromatic carbocycles. The molecule has 1 heterocycles. The maximum Gasteiger partial charge on any atom is 0.274 e. The largest absolute Gasteiger partial charge is 0.334 e. The number of hydrogen-bond acceptors (Lipinski definition) is 4. The van der Waals surface area contributed by atoms with Crippen LogP contribution < -0.4 is 5.14 Å². The zero-order chi connectivity index (χ0) is 23.2. The zero-order valence-corrected chi connectivity index (χ0v) is 18.4. The van der Waals surface area contributed by atoms with E-state index in [4.69, 9.17) is 5.14 Å². The van der Waals surface area contributed by atoms with Crippen LogP contribution in [0.2, 0.25) is 0 Å². The smallest absolute Gasteiger partial charge is 0.274 e. The van der Waals surface area contributed by atoms with E-state index >= 15 is 0 Å². The van der Waals surface area contributed by atoms with Gasteiger partial charge in [-0.05, 0) is 56.0 Å². The van der Waals surface area contributed by atoms with Gasteiger partial charge in [0.15, 0.2) is 17.3 Å². The summed E-state index contributed by atoms with van der Waals surface area (Å²) in [4.78, 5) is 14.8. The first kappa shape index (κ1) is 22.1. The van der Waals surface area contributed by atoms with Crippen molar-refractivity contribution in [1.29, 1.82) is 0 Å². The van der Waals surface area contributed by atoms with Gasteiger partial charge < -0.3 is 4.90 Å². The molecule has 1 aliphatic carbocycles. The molecule has 2 N–H and O–H groups in total. The number of nitrogens with zero attached hydrogens (tertiary/aromatic N) is 3. The third kappa shape index (κ3) is 3.91. The summed E-state index contributed by atoms with van der Waals surface area (Å²) in [5.41, 5.74) is 2.79. The molecule has 3 aromatic rings. The summed E-state index contributed by atoms with van der Waals surface area (Å²) in [5, 5.41) is 9.67. The van der Waals surface area contributed by atoms with Gasteiger partial charge in [-0.15, -0.1) is 0 Å². The van der Waals surface area contributed by atoms with Crippen LogP contribution in [0.25, 0.3) is 5.69 Å². The molecule has 1 amide bonds. The number of amides is 1. The minimum atomic E-state index is -3.88. The Morgan fingerprint density at radius 2 is 1.91 bits per heavy atom. The van der Waals surface area contributed by atoms with Crippen LogP contribution in [0, 0.1) is 11.6 Å². The predicted octanol–water partition coefficient (Wildman–Crippen LogP) is 3.12. The third-order valence-corrected chi connectivity index (χ3v) is 6.76. The van der Waals surface area contributed by atoms with Crippen molar-refractivity contribution in [2.75, 3.05) is 7.05 Å². The number of aromatic nitrogens is 2. The molecule has 10 heteroatoms. The van der Waals surface area contributed by atoms with E-state index in [1.165, 1.54) is 27.8 Å². The minimum absolute atomic E-state index is 0.0359. The Morgan fingerprint density at radius 3 is 2.59 bits per heavy atom. The number of sulfonamides is 1. The van der Waals surface area contributed by atoms with Crippen molar-refractivity contribution < 1.29 is 22.0 Å². The van der Waals surface area contributed by atoms with Gasteiger partial charge in [-0.25, -0.2) is 27.0 Å². The highest BCUT2D eigenvalue weighted by Gasteiger charge is 2.30. The highest BCUT2D eigenvalue weighted by Crippen LogP contribution is 2.30. The van der Waals surface area contributed by atoms with E-state index in [0.717, 1.165) is 29.8 Å². The molecule has 7 nitrogen and oxygen atoms in total. The molecule has 0 saturated heterocycles. The summed E-state index contributed by atoms with van der Waals surface area (Å²) in [6, 6.07) is 9.16. The molecule has 0 spiro atoms. The number of carbonyl (C=O) groups is 1. The van der Waals surface area contributed by atoms with Crippen LogP contribution in [0.3, 0.4) is 0 Å². The number of hydrogen-bond donors (Lipinski definition) is 1. The maximum absolute atomic E-state index is 13.8. The van der Waals surface area contributed by atoms with Crippen LogP contribution in [-0.2, 0) is 22.9 Å². The lowest BCUT2D eigenvalue weighted by atomic mass is 10.1. The Bertz CT molecular complexity index is 1320. The molecular weight excluding hydrogens is 438 g/mol. The molecule has 0 radical (unpaired) electrons. The molecule has 4 rings (SSSR count). The Balaban J connectivity index is 1.68. The fourth-order valence-electron chi connectivity index (χ4n) is 3.96. The second kappa shape index (κ2) is 8.10. The summed E-state index contributed by atoms with van der Waals surface area (Å²) >= 11 is 0. The van der Waals surface area contributed by atoms with Crippen LogP contribution >= 0.6 is 0 Å². The first-order chi connectivity index (χ1) is 15.1. The van der Waals surface area contributed by atoms with E-state index in [1.54, 1.807) is 26.1 Å². The van der Waals surface area contributed by atoms with E-state index in [1.807, 2.05) is 0 Å². The summed E-state index contributed by atoms with van der Waals surface area (Å²) in [5.74, 6) is -2.29. The van der Waals surface area contributed by atoms with Crippen molar-refractivity contribution in [3.8, 4) is 5.69 Å². The van der Waals surface area contributed by atoms with Crippen molar-refractivity contribution in [1.82, 2.24) is 14.7 Å². The van der Waals surface area contributed by atoms with Gasteiger partial charge >= 0.3 is 0 Å². The standard InChI is InChI=1S/C22H22F2N4O3S/c1-13(14-5-3-6-16(11-14)32(25,30)31)27(2)22(29)21-17-7-4-8-20(17)28(26-21)15-9-10-18(23)19(24)12-15/h3,5-6,9-13H,4,7-8H2,1-2H3,(H2,25,30,31). The molecule has 1 aromatic heterocycles. The van der Waals surface area contributed by atoms with Crippen LogP contribution in [-0.4, -0.2) is 36.1 Å². The highest BCUT2D eigenvalue weighted by molar-refractivity contribution is 7.89. The summed E-state index contributed by atoms with van der Waals surface area (Å²) in [6.07, 6.45) is 2.15. The highest BCUT2D eigenvalue weighted by atomic mass is 32.2. The first-order valence-corrected chi connectivity index (χ1v) is 11.6. The second-order valence-electron chi connectivity index (χ2n) is 7.85. The number of primary sulfonamides is 1. The van der Waals surface area contributed by atoms with Crippen molar-refractivity contribution in [2.24, 2.45) is 5.14 Å². The monoisotopic (exact) mass is 460 g/mol. The van der Waals surface area contributed by atoms with Gasteiger partial charge in [-0.2, -0.15) is 5.10 Å². The van der Waals surface area contributed by atoms with Gasteiger partial charge in [0.25, 0.3) is 5.91 Å². The van der Waals surface area contributed by atoms with Crippen molar-refractivity contribution in [2.45, 2.75) is 37.1 Å². The zero-order valence-electron chi connectivity index (χ0n) is 17.5. The number of benzene rings is 2. The molecule has 1 unspecified atom stereocenters. The molecule has 32 heavy (non-hydrogen) atoms. The molecule has 1 atom stereocenters. The average Bonchev–Trinajstić information content (AvgIpc) is 3.36. The summed E-state index contributed by atoms with van der Waals surface area (Å²) in [7, 11) is -2.27. The number of halogens is 2. The topological polar surface area (TPSA) is 98.3 Å². The van der Waals surface area contributed by atoms with Gasteiger partial charge in [-0.1, -0.05) is 12.1 Å². The van der Waals surface area contributed by atoms with Gasteiger partial charge in [0, 0.05) is 24.4 Å². The van der Waals surface area contributed by atoms with Crippen molar-refractivity contribution in [3.05, 3.63) is 76.6 Å². The molecular formula is C22H22F2N4O3S. The number of nitrogens with two attached hydrogens (primary N) is 1. The van der Waals surface area contributed by atoms with Crippen molar-refractivity contribution >= 4 is 15.9 Å². The second-order valence-corrected chi connectivity index (χ2v) is 9.41. The number of rotatable bonds is 5. The average molecular weight is 461 g/mol. The van der Waals surface area contributed by atoms with Gasteiger partial charge in [-0.3, -0.25) is 4.79 Å². The van der Waals surface area contributed by atoms with Gasteiger partial charge in [0.1, 0.15) is 0 Å². The maximum atomic E-state index is 13.8. The van der Waals surface area contributed by atoms with Gasteiger partial charge in [0.05, 0.1) is 16.6 Å². The van der Waals surface area contributed by atoms with E-state index in [2.05, 4.69) is 5.10 Å². The Labute approximate surface area is 184 Å². The summed E-state index contributed by atoms with van der Waals surface area (Å²) < 4.78 is 52.0. The van der Waals surface area contributed by atoms with Crippen molar-refractivity contribution in [3.63, 3.8) is 0 Å². The third-order valence-electron chi connectivity index (χ3n) is 5.85. The molecule has 1 aliphatic rings. The van der Waals surface area contributed by atoms with E-state index in [0.29, 0.717) is 24.1 Å². The van der Waals surface area contributed by atoms with Gasteiger partial charge in [0.2, 0.25) is 10.0 Å². The Kier molecular flexibility index (Phi) is 5.59. The van der Waals surface area contributed by atoms with Crippen LogP contribution in [0.5, 0.6) is 0 Å². The normalized spacial score (nSPS) is 14.3. The number of fused-ring (bicyclic) bond motifs is 1. The Morgan fingerprint density at radius 1 is 1.16 bits per heavy atom.